The van der Waals surface area contributed by atoms with Crippen molar-refractivity contribution in [1.82, 2.24) is 4.90 Å². The standard InChI is InChI=1S/C16H17F2N3O2/c17-12-1-2-14(11(7-12)9-19)21-10-13(18)8-15(21)16(22)20-3-5-23-6-4-20/h1-2,7,13,15H,3-6,8,10H2/t13-,15+/m1/s1. The third kappa shape index (κ3) is 3.13. The lowest BCUT2D eigenvalue weighted by atomic mass is 10.1. The predicted molar refractivity (Wildman–Crippen MR) is 79.2 cm³/mol. The van der Waals surface area contributed by atoms with E-state index in [0.717, 1.165) is 6.07 Å². The minimum Gasteiger partial charge on any atom is -0.378 e. The molecule has 1 aromatic carbocycles. The number of ether oxygens (including phenoxy) is 1. The Balaban J connectivity index is 1.88. The SMILES string of the molecule is N#Cc1cc(F)ccc1N1C[C@H](F)C[C@H]1C(=O)N1CCOCC1. The van der Waals surface area contributed by atoms with E-state index in [1.54, 1.807) is 9.80 Å². The number of benzene rings is 1. The fourth-order valence-electron chi connectivity index (χ4n) is 3.13. The summed E-state index contributed by atoms with van der Waals surface area (Å²) in [4.78, 5) is 15.9. The van der Waals surface area contributed by atoms with Gasteiger partial charge in [0, 0.05) is 19.5 Å². The van der Waals surface area contributed by atoms with Gasteiger partial charge in [-0.05, 0) is 18.2 Å². The van der Waals surface area contributed by atoms with Gasteiger partial charge in [0.25, 0.3) is 0 Å². The van der Waals surface area contributed by atoms with Crippen molar-refractivity contribution in [1.29, 1.82) is 5.26 Å². The van der Waals surface area contributed by atoms with E-state index in [1.807, 2.05) is 6.07 Å². The Hall–Kier alpha value is -2.20. The maximum absolute atomic E-state index is 14.0. The maximum atomic E-state index is 14.0. The monoisotopic (exact) mass is 321 g/mol. The number of morpholine rings is 1. The van der Waals surface area contributed by atoms with E-state index in [-0.39, 0.29) is 24.4 Å². The minimum absolute atomic E-state index is 0.0288. The summed E-state index contributed by atoms with van der Waals surface area (Å²) < 4.78 is 32.5. The van der Waals surface area contributed by atoms with Gasteiger partial charge in [-0.25, -0.2) is 8.78 Å². The molecule has 0 bridgehead atoms. The summed E-state index contributed by atoms with van der Waals surface area (Å²) in [6, 6.07) is 5.02. The first-order valence-electron chi connectivity index (χ1n) is 7.57. The lowest BCUT2D eigenvalue weighted by Gasteiger charge is -2.33. The van der Waals surface area contributed by atoms with Crippen LogP contribution in [-0.4, -0.2) is 55.9 Å². The number of nitriles is 1. The highest BCUT2D eigenvalue weighted by Gasteiger charge is 2.40. The smallest absolute Gasteiger partial charge is 0.245 e. The van der Waals surface area contributed by atoms with E-state index in [4.69, 9.17) is 4.74 Å². The summed E-state index contributed by atoms with van der Waals surface area (Å²) in [5.41, 5.74) is 0.513. The van der Waals surface area contributed by atoms with Crippen LogP contribution in [-0.2, 0) is 9.53 Å². The summed E-state index contributed by atoms with van der Waals surface area (Å²) >= 11 is 0. The Morgan fingerprint density at radius 2 is 2.09 bits per heavy atom. The number of hydrogen-bond acceptors (Lipinski definition) is 4. The summed E-state index contributed by atoms with van der Waals surface area (Å²) in [5.74, 6) is -0.695. The Morgan fingerprint density at radius 3 is 2.78 bits per heavy atom. The molecule has 0 aromatic heterocycles. The molecule has 122 valence electrons. The molecule has 2 saturated heterocycles. The molecule has 2 atom stereocenters. The van der Waals surface area contributed by atoms with E-state index >= 15 is 0 Å². The van der Waals surface area contributed by atoms with Crippen LogP contribution in [0.15, 0.2) is 18.2 Å². The minimum atomic E-state index is -1.15. The Kier molecular flexibility index (Phi) is 4.44. The van der Waals surface area contributed by atoms with Crippen molar-refractivity contribution in [3.8, 4) is 6.07 Å². The fourth-order valence-corrected chi connectivity index (χ4v) is 3.13. The number of hydrogen-bond donors (Lipinski definition) is 0. The lowest BCUT2D eigenvalue weighted by Crippen LogP contribution is -2.49. The van der Waals surface area contributed by atoms with E-state index in [0.29, 0.717) is 32.0 Å². The Morgan fingerprint density at radius 1 is 1.35 bits per heavy atom. The molecule has 0 spiro atoms. The van der Waals surface area contributed by atoms with Gasteiger partial charge in [0.1, 0.15) is 24.1 Å². The number of carbonyl (C=O) groups is 1. The molecule has 23 heavy (non-hydrogen) atoms. The van der Waals surface area contributed by atoms with Gasteiger partial charge in [0.15, 0.2) is 0 Å². The first-order valence-corrected chi connectivity index (χ1v) is 7.57. The third-order valence-corrected chi connectivity index (χ3v) is 4.25. The van der Waals surface area contributed by atoms with Gasteiger partial charge in [-0.1, -0.05) is 0 Å². The second-order valence-corrected chi connectivity index (χ2v) is 5.71. The van der Waals surface area contributed by atoms with Crippen molar-refractivity contribution in [2.75, 3.05) is 37.7 Å². The highest BCUT2D eigenvalue weighted by Crippen LogP contribution is 2.31. The van der Waals surface area contributed by atoms with Gasteiger partial charge < -0.3 is 14.5 Å². The van der Waals surface area contributed by atoms with Crippen LogP contribution >= 0.6 is 0 Å². The summed E-state index contributed by atoms with van der Waals surface area (Å²) in [7, 11) is 0. The number of carbonyl (C=O) groups excluding carboxylic acids is 1. The van der Waals surface area contributed by atoms with Crippen molar-refractivity contribution >= 4 is 11.6 Å². The molecule has 7 heteroatoms. The molecule has 2 fully saturated rings. The van der Waals surface area contributed by atoms with Crippen molar-refractivity contribution in [2.45, 2.75) is 18.6 Å². The van der Waals surface area contributed by atoms with Crippen LogP contribution in [0.5, 0.6) is 0 Å². The molecule has 2 heterocycles. The maximum Gasteiger partial charge on any atom is 0.245 e. The predicted octanol–water partition coefficient (Wildman–Crippen LogP) is 1.47. The fraction of sp³-hybridized carbons (Fsp3) is 0.500. The lowest BCUT2D eigenvalue weighted by molar-refractivity contribution is -0.136. The largest absolute Gasteiger partial charge is 0.378 e. The molecule has 3 rings (SSSR count). The van der Waals surface area contributed by atoms with E-state index in [2.05, 4.69) is 0 Å². The summed E-state index contributed by atoms with van der Waals surface area (Å²) in [6.07, 6.45) is -1.07. The topological polar surface area (TPSA) is 56.6 Å². The van der Waals surface area contributed by atoms with Crippen molar-refractivity contribution in [3.63, 3.8) is 0 Å². The number of amides is 1. The van der Waals surface area contributed by atoms with Gasteiger partial charge in [-0.3, -0.25) is 4.79 Å². The molecule has 1 aromatic rings. The normalized spacial score (nSPS) is 24.6. The Bertz CT molecular complexity index is 641. The van der Waals surface area contributed by atoms with Gasteiger partial charge in [-0.15, -0.1) is 0 Å². The van der Waals surface area contributed by atoms with Crippen LogP contribution in [0.3, 0.4) is 0 Å². The zero-order valence-corrected chi connectivity index (χ0v) is 12.5. The molecular weight excluding hydrogens is 304 g/mol. The molecule has 1 amide bonds. The zero-order chi connectivity index (χ0) is 16.4. The number of rotatable bonds is 2. The first kappa shape index (κ1) is 15.7. The van der Waals surface area contributed by atoms with Crippen LogP contribution in [0.2, 0.25) is 0 Å². The van der Waals surface area contributed by atoms with Crippen LogP contribution in [0, 0.1) is 17.1 Å². The second-order valence-electron chi connectivity index (χ2n) is 5.71. The van der Waals surface area contributed by atoms with Crippen LogP contribution < -0.4 is 4.90 Å². The number of alkyl halides is 1. The molecule has 0 radical (unpaired) electrons. The molecule has 0 unspecified atom stereocenters. The summed E-state index contributed by atoms with van der Waals surface area (Å²) in [6.45, 7) is 1.93. The number of halogens is 2. The molecular formula is C16H17F2N3O2. The first-order chi connectivity index (χ1) is 11.1. The van der Waals surface area contributed by atoms with Crippen molar-refractivity contribution in [2.24, 2.45) is 0 Å². The highest BCUT2D eigenvalue weighted by molar-refractivity contribution is 5.87. The van der Waals surface area contributed by atoms with Crippen LogP contribution in [0.25, 0.3) is 0 Å². The van der Waals surface area contributed by atoms with Crippen LogP contribution in [0.4, 0.5) is 14.5 Å². The zero-order valence-electron chi connectivity index (χ0n) is 12.5. The average Bonchev–Trinajstić information content (AvgIpc) is 2.96. The summed E-state index contributed by atoms with van der Waals surface area (Å²) in [5, 5.41) is 9.19. The van der Waals surface area contributed by atoms with E-state index in [9.17, 15) is 18.8 Å². The van der Waals surface area contributed by atoms with Gasteiger partial charge in [0.05, 0.1) is 31.0 Å². The van der Waals surface area contributed by atoms with Crippen LogP contribution in [0.1, 0.15) is 12.0 Å². The second kappa shape index (κ2) is 6.50. The van der Waals surface area contributed by atoms with Crippen molar-refractivity contribution in [3.05, 3.63) is 29.6 Å². The van der Waals surface area contributed by atoms with Gasteiger partial charge in [-0.2, -0.15) is 5.26 Å². The quantitative estimate of drug-likeness (QED) is 0.828. The molecule has 0 aliphatic carbocycles. The molecule has 0 N–H and O–H groups in total. The molecule has 5 nitrogen and oxygen atoms in total. The molecule has 0 saturated carbocycles. The van der Waals surface area contributed by atoms with E-state index < -0.39 is 18.0 Å². The third-order valence-electron chi connectivity index (χ3n) is 4.25. The number of anilines is 1. The van der Waals surface area contributed by atoms with Gasteiger partial charge in [0.2, 0.25) is 5.91 Å². The van der Waals surface area contributed by atoms with Crippen molar-refractivity contribution < 1.29 is 18.3 Å². The highest BCUT2D eigenvalue weighted by atomic mass is 19.1. The Labute approximate surface area is 133 Å². The number of nitrogens with zero attached hydrogens (tertiary/aromatic N) is 3. The molecule has 2 aliphatic heterocycles. The molecule has 2 aliphatic rings. The van der Waals surface area contributed by atoms with Gasteiger partial charge >= 0.3 is 0 Å². The van der Waals surface area contributed by atoms with E-state index in [1.165, 1.54) is 12.1 Å². The average molecular weight is 321 g/mol.